The number of aryl methyl sites for hydroxylation is 1. The summed E-state index contributed by atoms with van der Waals surface area (Å²) in [6.07, 6.45) is 2.25. The molecule has 1 saturated heterocycles. The lowest BCUT2D eigenvalue weighted by molar-refractivity contribution is 0.0527. The number of aromatic nitrogens is 2. The number of hydrogen-bond acceptors (Lipinski definition) is 6. The first kappa shape index (κ1) is 17.8. The van der Waals surface area contributed by atoms with Crippen LogP contribution in [0.1, 0.15) is 46.4 Å². The molecule has 7 heteroatoms. The van der Waals surface area contributed by atoms with Gasteiger partial charge in [-0.3, -0.25) is 4.79 Å². The molecule has 0 bridgehead atoms. The summed E-state index contributed by atoms with van der Waals surface area (Å²) in [5, 5.41) is 2.76. The number of nitrogens with one attached hydrogen (secondary N) is 1. The number of rotatable bonds is 5. The van der Waals surface area contributed by atoms with Crippen molar-refractivity contribution in [1.82, 2.24) is 9.97 Å². The summed E-state index contributed by atoms with van der Waals surface area (Å²) in [6, 6.07) is 8.45. The Morgan fingerprint density at radius 2 is 1.92 bits per heavy atom. The number of carbonyl (C=O) groups excluding carboxylic acids is 2. The number of anilines is 2. The third kappa shape index (κ3) is 3.99. The molecule has 1 fully saturated rings. The highest BCUT2D eigenvalue weighted by Crippen LogP contribution is 2.21. The van der Waals surface area contributed by atoms with Crippen LogP contribution in [-0.2, 0) is 4.74 Å². The number of ether oxygens (including phenoxy) is 1. The van der Waals surface area contributed by atoms with Crippen LogP contribution in [-0.4, -0.2) is 41.5 Å². The summed E-state index contributed by atoms with van der Waals surface area (Å²) in [5.41, 5.74) is 0.987. The van der Waals surface area contributed by atoms with Gasteiger partial charge < -0.3 is 15.0 Å². The van der Waals surface area contributed by atoms with Gasteiger partial charge in [-0.15, -0.1) is 0 Å². The molecule has 1 aromatic carbocycles. The Morgan fingerprint density at radius 3 is 2.65 bits per heavy atom. The molecule has 0 radical (unpaired) electrons. The highest BCUT2D eigenvalue weighted by molar-refractivity contribution is 6.07. The lowest BCUT2D eigenvalue weighted by atomic mass is 10.1. The second kappa shape index (κ2) is 7.95. The van der Waals surface area contributed by atoms with Gasteiger partial charge in [0.1, 0.15) is 17.3 Å². The zero-order valence-corrected chi connectivity index (χ0v) is 15.0. The van der Waals surface area contributed by atoms with E-state index in [9.17, 15) is 9.59 Å². The Balaban J connectivity index is 1.84. The van der Waals surface area contributed by atoms with Crippen molar-refractivity contribution in [1.29, 1.82) is 0 Å². The smallest absolute Gasteiger partial charge is 0.340 e. The van der Waals surface area contributed by atoms with Crippen molar-refractivity contribution in [3.63, 3.8) is 0 Å². The van der Waals surface area contributed by atoms with E-state index in [0.717, 1.165) is 31.7 Å². The zero-order valence-electron chi connectivity index (χ0n) is 15.0. The molecular formula is C19H22N4O3. The molecule has 0 atom stereocenters. The van der Waals surface area contributed by atoms with Gasteiger partial charge in [0, 0.05) is 19.2 Å². The van der Waals surface area contributed by atoms with Crippen molar-refractivity contribution in [2.75, 3.05) is 29.9 Å². The highest BCUT2D eigenvalue weighted by atomic mass is 16.5. The lowest BCUT2D eigenvalue weighted by Crippen LogP contribution is -2.22. The van der Waals surface area contributed by atoms with E-state index in [1.807, 2.05) is 0 Å². The van der Waals surface area contributed by atoms with Gasteiger partial charge in [0.05, 0.1) is 17.9 Å². The SMILES string of the molecule is CCOC(=O)c1ccccc1NC(=O)c1cc(N2CCCC2)nc(C)n1. The summed E-state index contributed by atoms with van der Waals surface area (Å²) in [6.45, 7) is 5.64. The van der Waals surface area contributed by atoms with E-state index in [2.05, 4.69) is 20.2 Å². The summed E-state index contributed by atoms with van der Waals surface area (Å²) in [7, 11) is 0. The summed E-state index contributed by atoms with van der Waals surface area (Å²) >= 11 is 0. The van der Waals surface area contributed by atoms with Gasteiger partial charge in [-0.2, -0.15) is 0 Å². The molecular weight excluding hydrogens is 332 g/mol. The third-order valence-electron chi connectivity index (χ3n) is 4.16. The number of hydrogen-bond donors (Lipinski definition) is 1. The molecule has 1 amide bonds. The Hall–Kier alpha value is -2.96. The molecule has 1 aliphatic heterocycles. The Bertz CT molecular complexity index is 816. The van der Waals surface area contributed by atoms with Gasteiger partial charge in [0.15, 0.2) is 0 Å². The van der Waals surface area contributed by atoms with Crippen LogP contribution in [0.25, 0.3) is 0 Å². The van der Waals surface area contributed by atoms with E-state index >= 15 is 0 Å². The molecule has 1 aliphatic rings. The first-order chi connectivity index (χ1) is 12.6. The van der Waals surface area contributed by atoms with Crippen molar-refractivity contribution in [3.05, 3.63) is 47.4 Å². The monoisotopic (exact) mass is 354 g/mol. The van der Waals surface area contributed by atoms with Crippen LogP contribution < -0.4 is 10.2 Å². The average Bonchev–Trinajstić information content (AvgIpc) is 3.16. The standard InChI is InChI=1S/C19H22N4O3/c1-3-26-19(25)14-8-4-5-9-15(14)22-18(24)16-12-17(21-13(2)20-16)23-10-6-7-11-23/h4-5,8-9,12H,3,6-7,10-11H2,1-2H3,(H,22,24). The maximum Gasteiger partial charge on any atom is 0.340 e. The van der Waals surface area contributed by atoms with Crippen LogP contribution in [0.15, 0.2) is 30.3 Å². The first-order valence-electron chi connectivity index (χ1n) is 8.76. The van der Waals surface area contributed by atoms with E-state index in [1.54, 1.807) is 44.2 Å². The van der Waals surface area contributed by atoms with Gasteiger partial charge in [-0.05, 0) is 38.8 Å². The average molecular weight is 354 g/mol. The Morgan fingerprint density at radius 1 is 1.19 bits per heavy atom. The minimum atomic E-state index is -0.472. The molecule has 1 N–H and O–H groups in total. The molecule has 0 spiro atoms. The number of esters is 1. The van der Waals surface area contributed by atoms with Crippen LogP contribution in [0.4, 0.5) is 11.5 Å². The van der Waals surface area contributed by atoms with Crippen molar-refractivity contribution >= 4 is 23.4 Å². The fraction of sp³-hybridized carbons (Fsp3) is 0.368. The van der Waals surface area contributed by atoms with Gasteiger partial charge in [-0.1, -0.05) is 12.1 Å². The third-order valence-corrected chi connectivity index (χ3v) is 4.16. The molecule has 0 unspecified atom stereocenters. The van der Waals surface area contributed by atoms with Gasteiger partial charge in [0.25, 0.3) is 5.91 Å². The normalized spacial score (nSPS) is 13.5. The predicted octanol–water partition coefficient (Wildman–Crippen LogP) is 2.81. The number of nitrogens with zero attached hydrogens (tertiary/aromatic N) is 3. The van der Waals surface area contributed by atoms with Gasteiger partial charge >= 0.3 is 5.97 Å². The molecule has 2 aromatic rings. The van der Waals surface area contributed by atoms with E-state index in [4.69, 9.17) is 4.74 Å². The predicted molar refractivity (Wildman–Crippen MR) is 98.6 cm³/mol. The van der Waals surface area contributed by atoms with E-state index in [0.29, 0.717) is 17.1 Å². The molecule has 26 heavy (non-hydrogen) atoms. The molecule has 0 aliphatic carbocycles. The van der Waals surface area contributed by atoms with Crippen LogP contribution in [0.2, 0.25) is 0 Å². The molecule has 0 saturated carbocycles. The largest absolute Gasteiger partial charge is 0.462 e. The van der Waals surface area contributed by atoms with Crippen molar-refractivity contribution in [3.8, 4) is 0 Å². The topological polar surface area (TPSA) is 84.4 Å². The van der Waals surface area contributed by atoms with Crippen LogP contribution >= 0.6 is 0 Å². The first-order valence-corrected chi connectivity index (χ1v) is 8.76. The van der Waals surface area contributed by atoms with Crippen molar-refractivity contribution in [2.45, 2.75) is 26.7 Å². The maximum atomic E-state index is 12.7. The van der Waals surface area contributed by atoms with Crippen molar-refractivity contribution in [2.24, 2.45) is 0 Å². The second-order valence-corrected chi connectivity index (χ2v) is 6.07. The minimum Gasteiger partial charge on any atom is -0.462 e. The molecule has 1 aromatic heterocycles. The number of benzene rings is 1. The van der Waals surface area contributed by atoms with Crippen LogP contribution in [0.5, 0.6) is 0 Å². The summed E-state index contributed by atoms with van der Waals surface area (Å²) in [5.74, 6) is 0.449. The maximum absolute atomic E-state index is 12.7. The minimum absolute atomic E-state index is 0.269. The fourth-order valence-electron chi connectivity index (χ4n) is 2.94. The molecule has 136 valence electrons. The molecule has 2 heterocycles. The zero-order chi connectivity index (χ0) is 18.5. The van der Waals surface area contributed by atoms with Crippen molar-refractivity contribution < 1.29 is 14.3 Å². The molecule has 3 rings (SSSR count). The van der Waals surface area contributed by atoms with Crippen LogP contribution in [0.3, 0.4) is 0 Å². The number of para-hydroxylation sites is 1. The fourth-order valence-corrected chi connectivity index (χ4v) is 2.94. The second-order valence-electron chi connectivity index (χ2n) is 6.07. The number of amides is 1. The van der Waals surface area contributed by atoms with E-state index in [-0.39, 0.29) is 18.2 Å². The summed E-state index contributed by atoms with van der Waals surface area (Å²) in [4.78, 5) is 35.6. The van der Waals surface area contributed by atoms with Gasteiger partial charge in [-0.25, -0.2) is 14.8 Å². The van der Waals surface area contributed by atoms with Gasteiger partial charge in [0.2, 0.25) is 0 Å². The summed E-state index contributed by atoms with van der Waals surface area (Å²) < 4.78 is 5.04. The Kier molecular flexibility index (Phi) is 5.46. The lowest BCUT2D eigenvalue weighted by Gasteiger charge is -2.17. The Labute approximate surface area is 152 Å². The van der Waals surface area contributed by atoms with E-state index in [1.165, 1.54) is 0 Å². The van der Waals surface area contributed by atoms with Crippen LogP contribution in [0, 0.1) is 6.92 Å². The number of carbonyl (C=O) groups is 2. The molecule has 7 nitrogen and oxygen atoms in total. The highest BCUT2D eigenvalue weighted by Gasteiger charge is 2.19. The van der Waals surface area contributed by atoms with E-state index < -0.39 is 5.97 Å². The quantitative estimate of drug-likeness (QED) is 0.831.